The fourth-order valence-electron chi connectivity index (χ4n) is 2.96. The van der Waals surface area contributed by atoms with E-state index in [9.17, 15) is 5.11 Å². The zero-order valence-corrected chi connectivity index (χ0v) is 12.4. The van der Waals surface area contributed by atoms with Crippen molar-refractivity contribution in [3.8, 4) is 5.75 Å². The molecule has 1 aromatic carbocycles. The average Bonchev–Trinajstić information content (AvgIpc) is 2.51. The molecule has 0 spiro atoms. The van der Waals surface area contributed by atoms with Crippen LogP contribution >= 0.6 is 12.4 Å². The van der Waals surface area contributed by atoms with Crippen molar-refractivity contribution in [2.75, 3.05) is 27.6 Å². The molecule has 1 fully saturated rings. The van der Waals surface area contributed by atoms with Crippen LogP contribution in [0.1, 0.15) is 39.5 Å². The van der Waals surface area contributed by atoms with Gasteiger partial charge in [-0.05, 0) is 44.5 Å². The lowest BCUT2D eigenvalue weighted by atomic mass is 9.71. The van der Waals surface area contributed by atoms with Crippen LogP contribution in [0, 0.1) is 5.92 Å². The van der Waals surface area contributed by atoms with Gasteiger partial charge in [-0.1, -0.05) is 25.0 Å². The summed E-state index contributed by atoms with van der Waals surface area (Å²) in [6.45, 7) is -5.73. The second-order valence-corrected chi connectivity index (χ2v) is 5.21. The Morgan fingerprint density at radius 3 is 2.95 bits per heavy atom. The summed E-state index contributed by atoms with van der Waals surface area (Å²) in [4.78, 5) is 0.543. The van der Waals surface area contributed by atoms with Crippen molar-refractivity contribution in [1.29, 1.82) is 0 Å². The molecular formula is C16H26ClNO2. The minimum atomic E-state index is -2.75. The van der Waals surface area contributed by atoms with E-state index in [1.165, 1.54) is 7.11 Å². The van der Waals surface area contributed by atoms with Crippen LogP contribution in [0.5, 0.6) is 5.75 Å². The van der Waals surface area contributed by atoms with Gasteiger partial charge in [-0.2, -0.15) is 0 Å². The molecule has 0 radical (unpaired) electrons. The van der Waals surface area contributed by atoms with Gasteiger partial charge in [0.15, 0.2) is 0 Å². The second kappa shape index (κ2) is 7.30. The van der Waals surface area contributed by atoms with Gasteiger partial charge in [-0.15, -0.1) is 12.4 Å². The Morgan fingerprint density at radius 1 is 1.45 bits per heavy atom. The van der Waals surface area contributed by atoms with Crippen molar-refractivity contribution < 1.29 is 18.1 Å². The number of benzene rings is 1. The lowest BCUT2D eigenvalue weighted by Gasteiger charge is -2.41. The number of nitrogens with zero attached hydrogens (tertiary/aromatic N) is 1. The van der Waals surface area contributed by atoms with E-state index in [1.807, 2.05) is 0 Å². The van der Waals surface area contributed by atoms with Gasteiger partial charge < -0.3 is 14.7 Å². The average molecular weight is 306 g/mol. The Balaban J connectivity index is 0.00000338. The van der Waals surface area contributed by atoms with E-state index in [4.69, 9.17) is 13.0 Å². The van der Waals surface area contributed by atoms with Gasteiger partial charge in [-0.25, -0.2) is 0 Å². The predicted octanol–water partition coefficient (Wildman–Crippen LogP) is 3.06. The number of aliphatic hydroxyl groups is 1. The summed E-state index contributed by atoms with van der Waals surface area (Å²) in [6.07, 6.45) is 2.65. The maximum Gasteiger partial charge on any atom is 0.119 e. The lowest BCUT2D eigenvalue weighted by molar-refractivity contribution is -0.0619. The molecule has 0 bridgehead atoms. The molecule has 3 nitrogen and oxygen atoms in total. The largest absolute Gasteiger partial charge is 0.497 e. The molecule has 1 saturated carbocycles. The van der Waals surface area contributed by atoms with E-state index in [0.29, 0.717) is 29.1 Å². The molecule has 1 aromatic rings. The van der Waals surface area contributed by atoms with Gasteiger partial charge in [0, 0.05) is 20.7 Å². The SMILES string of the molecule is Cl.[2H]C([2H])([2H])N(C[C@H]1CCCC[C@]1(O)c1cccc(OC)c1)C([2H])([2H])[2H]. The Hall–Kier alpha value is -0.770. The van der Waals surface area contributed by atoms with Gasteiger partial charge in [0.2, 0.25) is 0 Å². The maximum atomic E-state index is 11.4. The van der Waals surface area contributed by atoms with Crippen LogP contribution in [0.25, 0.3) is 0 Å². The molecule has 2 atom stereocenters. The third-order valence-electron chi connectivity index (χ3n) is 4.01. The minimum absolute atomic E-state index is 0. The molecule has 1 N–H and O–H groups in total. The summed E-state index contributed by atoms with van der Waals surface area (Å²) in [5.74, 6) is 0.105. The van der Waals surface area contributed by atoms with E-state index in [-0.39, 0.29) is 19.0 Å². The maximum absolute atomic E-state index is 11.4. The number of rotatable bonds is 4. The minimum Gasteiger partial charge on any atom is -0.497 e. The van der Waals surface area contributed by atoms with Crippen LogP contribution in [-0.4, -0.2) is 37.6 Å². The van der Waals surface area contributed by atoms with Crippen molar-refractivity contribution in [2.45, 2.75) is 31.3 Å². The summed E-state index contributed by atoms with van der Waals surface area (Å²) >= 11 is 0. The first-order valence-corrected chi connectivity index (χ1v) is 6.63. The topological polar surface area (TPSA) is 32.7 Å². The highest BCUT2D eigenvalue weighted by Crippen LogP contribution is 2.42. The highest BCUT2D eigenvalue weighted by molar-refractivity contribution is 5.85. The number of methoxy groups -OCH3 is 1. The zero-order chi connectivity index (χ0) is 18.9. The molecule has 0 aliphatic heterocycles. The molecular weight excluding hydrogens is 274 g/mol. The summed E-state index contributed by atoms with van der Waals surface area (Å²) in [7, 11) is 1.53. The first-order valence-electron chi connectivity index (χ1n) is 9.63. The van der Waals surface area contributed by atoms with Crippen molar-refractivity contribution >= 4 is 12.4 Å². The van der Waals surface area contributed by atoms with Crippen molar-refractivity contribution in [1.82, 2.24) is 4.90 Å². The number of hydrogen-bond acceptors (Lipinski definition) is 3. The highest BCUT2D eigenvalue weighted by Gasteiger charge is 2.40. The molecule has 1 aliphatic carbocycles. The van der Waals surface area contributed by atoms with Crippen LogP contribution < -0.4 is 4.74 Å². The fourth-order valence-corrected chi connectivity index (χ4v) is 2.96. The number of ether oxygens (including phenoxy) is 1. The van der Waals surface area contributed by atoms with Crippen LogP contribution in [0.2, 0.25) is 0 Å². The molecule has 0 amide bonds. The lowest BCUT2D eigenvalue weighted by Crippen LogP contribution is -2.43. The second-order valence-electron chi connectivity index (χ2n) is 5.21. The molecule has 4 heteroatoms. The molecule has 1 aliphatic rings. The molecule has 0 aromatic heterocycles. The zero-order valence-electron chi connectivity index (χ0n) is 17.6. The summed E-state index contributed by atoms with van der Waals surface area (Å²) < 4.78 is 50.6. The number of hydrogen-bond donors (Lipinski definition) is 1. The van der Waals surface area contributed by atoms with E-state index < -0.39 is 25.5 Å². The third kappa shape index (κ3) is 3.66. The highest BCUT2D eigenvalue weighted by atomic mass is 35.5. The monoisotopic (exact) mass is 305 g/mol. The first kappa shape index (κ1) is 10.0. The molecule has 114 valence electrons. The normalized spacial score (nSPS) is 31.9. The van der Waals surface area contributed by atoms with Crippen molar-refractivity contribution in [2.24, 2.45) is 5.92 Å². The van der Waals surface area contributed by atoms with E-state index in [2.05, 4.69) is 0 Å². The standard InChI is InChI=1S/C16H25NO2.ClH/c1-17(2)12-14-7-4-5-10-16(14,18)13-8-6-9-15(11-13)19-3;/h6,8-9,11,14,18H,4-5,7,10,12H2,1-3H3;1H/t14-,16+;/m1./s1/i1D3,2D3;. The van der Waals surface area contributed by atoms with Crippen LogP contribution in [0.3, 0.4) is 0 Å². The van der Waals surface area contributed by atoms with Crippen LogP contribution in [0.4, 0.5) is 0 Å². The Bertz CT molecular complexity index is 581. The molecule has 2 rings (SSSR count). The van der Waals surface area contributed by atoms with Crippen LogP contribution in [-0.2, 0) is 5.60 Å². The molecule has 0 unspecified atom stereocenters. The van der Waals surface area contributed by atoms with Gasteiger partial charge in [0.05, 0.1) is 12.7 Å². The van der Waals surface area contributed by atoms with Crippen LogP contribution in [0.15, 0.2) is 24.3 Å². The summed E-state index contributed by atoms with van der Waals surface area (Å²) in [6, 6.07) is 7.04. The quantitative estimate of drug-likeness (QED) is 0.928. The van der Waals surface area contributed by atoms with E-state index in [0.717, 1.165) is 12.8 Å². The summed E-state index contributed by atoms with van der Waals surface area (Å²) in [5.41, 5.74) is -0.644. The fraction of sp³-hybridized carbons (Fsp3) is 0.625. The molecule has 20 heavy (non-hydrogen) atoms. The predicted molar refractivity (Wildman–Crippen MR) is 84.7 cm³/mol. The Kier molecular flexibility index (Phi) is 3.66. The van der Waals surface area contributed by atoms with Gasteiger partial charge in [0.1, 0.15) is 5.75 Å². The van der Waals surface area contributed by atoms with Crippen molar-refractivity contribution in [3.05, 3.63) is 29.8 Å². The number of halogens is 1. The Morgan fingerprint density at radius 2 is 2.25 bits per heavy atom. The molecule has 0 saturated heterocycles. The Labute approximate surface area is 136 Å². The van der Waals surface area contributed by atoms with E-state index >= 15 is 0 Å². The van der Waals surface area contributed by atoms with Gasteiger partial charge >= 0.3 is 0 Å². The summed E-state index contributed by atoms with van der Waals surface area (Å²) in [5, 5.41) is 11.4. The van der Waals surface area contributed by atoms with Crippen molar-refractivity contribution in [3.63, 3.8) is 0 Å². The third-order valence-corrected chi connectivity index (χ3v) is 4.01. The first-order chi connectivity index (χ1) is 11.5. The van der Waals surface area contributed by atoms with Gasteiger partial charge in [0.25, 0.3) is 0 Å². The van der Waals surface area contributed by atoms with Gasteiger partial charge in [-0.3, -0.25) is 0 Å². The smallest absolute Gasteiger partial charge is 0.119 e. The van der Waals surface area contributed by atoms with E-state index in [1.54, 1.807) is 24.3 Å². The molecule has 0 heterocycles.